The second-order valence-electron chi connectivity index (χ2n) is 6.82. The van der Waals surface area contributed by atoms with Gasteiger partial charge in [0.2, 0.25) is 0 Å². The summed E-state index contributed by atoms with van der Waals surface area (Å²) in [6.07, 6.45) is 5.47. The first kappa shape index (κ1) is 16.4. The largest absolute Gasteiger partial charge is 0.389 e. The highest BCUT2D eigenvalue weighted by Crippen LogP contribution is 2.40. The number of nitrogens with one attached hydrogen (secondary N) is 1. The molecule has 3 rings (SSSR count). The molecule has 1 heterocycles. The van der Waals surface area contributed by atoms with Gasteiger partial charge < -0.3 is 15.3 Å². The van der Waals surface area contributed by atoms with E-state index in [1.54, 1.807) is 0 Å². The van der Waals surface area contributed by atoms with E-state index in [9.17, 15) is 5.11 Å². The highest BCUT2D eigenvalue weighted by molar-refractivity contribution is 9.10. The average Bonchev–Trinajstić information content (AvgIpc) is 2.55. The number of nitrogens with zero attached hydrogens (tertiary/aromatic N) is 1. The van der Waals surface area contributed by atoms with Crippen molar-refractivity contribution < 1.29 is 5.11 Å². The van der Waals surface area contributed by atoms with Gasteiger partial charge in [0.15, 0.2) is 0 Å². The maximum Gasteiger partial charge on any atom is 0.0728 e. The van der Waals surface area contributed by atoms with Gasteiger partial charge in [-0.1, -0.05) is 47.3 Å². The average molecular weight is 367 g/mol. The fourth-order valence-electron chi connectivity index (χ4n) is 3.95. The number of rotatable bonds is 4. The summed E-state index contributed by atoms with van der Waals surface area (Å²) in [5, 5.41) is 14.7. The molecule has 1 saturated heterocycles. The van der Waals surface area contributed by atoms with E-state index in [2.05, 4.69) is 50.4 Å². The minimum absolute atomic E-state index is 0.221. The molecule has 0 bridgehead atoms. The van der Waals surface area contributed by atoms with Crippen molar-refractivity contribution in [2.45, 2.75) is 43.6 Å². The normalized spacial score (nSPS) is 24.1. The third-order valence-corrected chi connectivity index (χ3v) is 5.82. The molecular formula is C18H27BrN2O. The van der Waals surface area contributed by atoms with Crippen molar-refractivity contribution in [2.24, 2.45) is 0 Å². The smallest absolute Gasteiger partial charge is 0.0728 e. The molecule has 2 N–H and O–H groups in total. The van der Waals surface area contributed by atoms with Crippen LogP contribution in [0.2, 0.25) is 0 Å². The van der Waals surface area contributed by atoms with Gasteiger partial charge in [-0.05, 0) is 30.5 Å². The molecule has 2 aliphatic rings. The Kier molecular flexibility index (Phi) is 5.55. The van der Waals surface area contributed by atoms with Crippen molar-refractivity contribution in [2.75, 3.05) is 32.7 Å². The number of piperazine rings is 1. The van der Waals surface area contributed by atoms with Crippen LogP contribution in [0.4, 0.5) is 0 Å². The van der Waals surface area contributed by atoms with Crippen molar-refractivity contribution in [3.8, 4) is 0 Å². The van der Waals surface area contributed by atoms with Crippen molar-refractivity contribution in [1.82, 2.24) is 10.2 Å². The topological polar surface area (TPSA) is 35.5 Å². The van der Waals surface area contributed by atoms with E-state index in [1.807, 2.05) is 0 Å². The summed E-state index contributed by atoms with van der Waals surface area (Å²) in [5.41, 5.74) is 0.753. The monoisotopic (exact) mass is 366 g/mol. The van der Waals surface area contributed by atoms with E-state index in [0.29, 0.717) is 0 Å². The number of halogens is 1. The van der Waals surface area contributed by atoms with Gasteiger partial charge >= 0.3 is 0 Å². The van der Waals surface area contributed by atoms with E-state index < -0.39 is 5.60 Å². The lowest BCUT2D eigenvalue weighted by Crippen LogP contribution is -2.49. The fraction of sp³-hybridized carbons (Fsp3) is 0.667. The minimum Gasteiger partial charge on any atom is -0.389 e. The molecule has 3 nitrogen and oxygen atoms in total. The quantitative estimate of drug-likeness (QED) is 0.858. The van der Waals surface area contributed by atoms with Crippen molar-refractivity contribution in [1.29, 1.82) is 0 Å². The van der Waals surface area contributed by atoms with Gasteiger partial charge in [-0.15, -0.1) is 0 Å². The van der Waals surface area contributed by atoms with Crippen LogP contribution in [-0.4, -0.2) is 48.3 Å². The summed E-state index contributed by atoms with van der Waals surface area (Å²) >= 11 is 3.52. The van der Waals surface area contributed by atoms with Crippen LogP contribution in [-0.2, 0) is 0 Å². The van der Waals surface area contributed by atoms with Crippen LogP contribution in [0.15, 0.2) is 28.7 Å². The molecule has 1 saturated carbocycles. The van der Waals surface area contributed by atoms with Gasteiger partial charge in [0.1, 0.15) is 0 Å². The predicted octanol–water partition coefficient (Wildman–Crippen LogP) is 3.13. The third-order valence-electron chi connectivity index (χ3n) is 5.29. The molecule has 0 unspecified atom stereocenters. The van der Waals surface area contributed by atoms with Crippen LogP contribution >= 0.6 is 15.9 Å². The number of aliphatic hydroxyl groups is 1. The first-order chi connectivity index (χ1) is 10.7. The lowest BCUT2D eigenvalue weighted by atomic mass is 9.72. The van der Waals surface area contributed by atoms with E-state index >= 15 is 0 Å². The zero-order chi connectivity index (χ0) is 15.4. The number of hydrogen-bond acceptors (Lipinski definition) is 3. The van der Waals surface area contributed by atoms with Gasteiger partial charge in [-0.3, -0.25) is 0 Å². The molecule has 22 heavy (non-hydrogen) atoms. The van der Waals surface area contributed by atoms with Crippen molar-refractivity contribution in [3.63, 3.8) is 0 Å². The SMILES string of the molecule is OC1([C@@H](CN2CCNCC2)c2ccc(Br)cc2)CCCCC1. The van der Waals surface area contributed by atoms with Crippen LogP contribution < -0.4 is 5.32 Å². The van der Waals surface area contributed by atoms with Crippen molar-refractivity contribution >= 4 is 15.9 Å². The standard InChI is InChI=1S/C18H27BrN2O/c19-16-6-4-15(5-7-16)17(14-21-12-10-20-11-13-21)18(22)8-2-1-3-9-18/h4-7,17,20,22H,1-3,8-14H2/t17-/m0/s1. The van der Waals surface area contributed by atoms with E-state index in [1.165, 1.54) is 12.0 Å². The molecule has 1 aliphatic heterocycles. The molecule has 0 radical (unpaired) electrons. The molecule has 1 aromatic rings. The molecule has 1 aromatic carbocycles. The predicted molar refractivity (Wildman–Crippen MR) is 94.2 cm³/mol. The Balaban J connectivity index is 1.81. The molecule has 0 amide bonds. The third kappa shape index (κ3) is 3.91. The Labute approximate surface area is 142 Å². The number of hydrogen-bond donors (Lipinski definition) is 2. The second kappa shape index (κ2) is 7.43. The van der Waals surface area contributed by atoms with Crippen molar-refractivity contribution in [3.05, 3.63) is 34.3 Å². The summed E-state index contributed by atoms with van der Waals surface area (Å²) in [4.78, 5) is 2.51. The van der Waals surface area contributed by atoms with Crippen LogP contribution in [0.1, 0.15) is 43.6 Å². The Morgan fingerprint density at radius 2 is 1.73 bits per heavy atom. The molecule has 2 fully saturated rings. The Morgan fingerprint density at radius 3 is 2.36 bits per heavy atom. The molecule has 122 valence electrons. The van der Waals surface area contributed by atoms with Gasteiger partial charge in [0, 0.05) is 43.1 Å². The molecular weight excluding hydrogens is 340 g/mol. The molecule has 1 aliphatic carbocycles. The fourth-order valence-corrected chi connectivity index (χ4v) is 4.21. The van der Waals surface area contributed by atoms with Crippen LogP contribution in [0.3, 0.4) is 0 Å². The summed E-state index contributed by atoms with van der Waals surface area (Å²) < 4.78 is 1.10. The van der Waals surface area contributed by atoms with E-state index in [-0.39, 0.29) is 5.92 Å². The van der Waals surface area contributed by atoms with Gasteiger partial charge in [-0.25, -0.2) is 0 Å². The summed E-state index contributed by atoms with van der Waals surface area (Å²) in [5.74, 6) is 0.221. The lowest BCUT2D eigenvalue weighted by Gasteiger charge is -2.42. The summed E-state index contributed by atoms with van der Waals surface area (Å²) in [7, 11) is 0. The Bertz CT molecular complexity index is 464. The Hall–Kier alpha value is -0.420. The first-order valence-electron chi connectivity index (χ1n) is 8.58. The summed E-state index contributed by atoms with van der Waals surface area (Å²) in [6.45, 7) is 5.27. The van der Waals surface area contributed by atoms with Crippen LogP contribution in [0, 0.1) is 0 Å². The molecule has 0 spiro atoms. The van der Waals surface area contributed by atoms with E-state index in [0.717, 1.165) is 62.9 Å². The molecule has 4 heteroatoms. The molecule has 1 atom stereocenters. The first-order valence-corrected chi connectivity index (χ1v) is 9.38. The lowest BCUT2D eigenvalue weighted by molar-refractivity contribution is -0.0316. The second-order valence-corrected chi connectivity index (χ2v) is 7.73. The zero-order valence-electron chi connectivity index (χ0n) is 13.2. The maximum absolute atomic E-state index is 11.3. The van der Waals surface area contributed by atoms with Crippen LogP contribution in [0.5, 0.6) is 0 Å². The Morgan fingerprint density at radius 1 is 1.09 bits per heavy atom. The van der Waals surface area contributed by atoms with E-state index in [4.69, 9.17) is 0 Å². The van der Waals surface area contributed by atoms with Gasteiger partial charge in [-0.2, -0.15) is 0 Å². The highest BCUT2D eigenvalue weighted by atomic mass is 79.9. The van der Waals surface area contributed by atoms with Crippen LogP contribution in [0.25, 0.3) is 0 Å². The zero-order valence-corrected chi connectivity index (χ0v) is 14.8. The maximum atomic E-state index is 11.3. The minimum atomic E-state index is -0.531. The van der Waals surface area contributed by atoms with Gasteiger partial charge in [0.05, 0.1) is 5.60 Å². The number of benzene rings is 1. The van der Waals surface area contributed by atoms with Gasteiger partial charge in [0.25, 0.3) is 0 Å². The summed E-state index contributed by atoms with van der Waals surface area (Å²) in [6, 6.07) is 8.58. The molecule has 0 aromatic heterocycles. The highest BCUT2D eigenvalue weighted by Gasteiger charge is 2.39.